The van der Waals surface area contributed by atoms with E-state index in [1.165, 1.54) is 6.92 Å². The molecule has 0 saturated heterocycles. The highest BCUT2D eigenvalue weighted by Gasteiger charge is 2.02. The second-order valence-corrected chi connectivity index (χ2v) is 3.95. The van der Waals surface area contributed by atoms with Crippen LogP contribution < -0.4 is 10.6 Å². The van der Waals surface area contributed by atoms with Crippen LogP contribution in [0.5, 0.6) is 0 Å². The number of aliphatic hydroxyl groups excluding tert-OH is 1. The van der Waals surface area contributed by atoms with Gasteiger partial charge in [-0.2, -0.15) is 0 Å². The number of hydrogen-bond donors (Lipinski definition) is 3. The lowest BCUT2D eigenvalue weighted by atomic mass is 10.2. The fourth-order valence-corrected chi connectivity index (χ4v) is 1.20. The van der Waals surface area contributed by atoms with Crippen molar-refractivity contribution in [3.8, 4) is 0 Å². The Kier molecular flexibility index (Phi) is 8.52. The van der Waals surface area contributed by atoms with Crippen LogP contribution in [0.1, 0.15) is 39.5 Å². The molecule has 0 heterocycles. The van der Waals surface area contributed by atoms with Crippen molar-refractivity contribution in [3.05, 3.63) is 0 Å². The highest BCUT2D eigenvalue weighted by atomic mass is 16.3. The summed E-state index contributed by atoms with van der Waals surface area (Å²) < 4.78 is 0. The number of nitrogens with one attached hydrogen (secondary N) is 2. The predicted molar refractivity (Wildman–Crippen MR) is 61.8 cm³/mol. The Hall–Kier alpha value is -1.10. The smallest absolute Gasteiger partial charge is 0.220 e. The van der Waals surface area contributed by atoms with Crippen molar-refractivity contribution in [2.45, 2.75) is 45.6 Å². The second kappa shape index (κ2) is 9.15. The number of unbranched alkanes of at least 4 members (excludes halogenated alkanes) is 2. The normalized spacial score (nSPS) is 11.9. The lowest BCUT2D eigenvalue weighted by Crippen LogP contribution is -2.30. The Morgan fingerprint density at radius 1 is 1.19 bits per heavy atom. The maximum Gasteiger partial charge on any atom is 0.220 e. The summed E-state index contributed by atoms with van der Waals surface area (Å²) in [5.41, 5.74) is 0. The standard InChI is InChI=1S/C11H22N2O3/c1-9(14)8-13-11(16)6-4-3-5-7-12-10(2)15/h9,14H,3-8H2,1-2H3,(H,12,15)(H,13,16)/t9-/m0/s1. The average Bonchev–Trinajstić information content (AvgIpc) is 2.19. The molecular weight excluding hydrogens is 208 g/mol. The monoisotopic (exact) mass is 230 g/mol. The van der Waals surface area contributed by atoms with Gasteiger partial charge in [0.25, 0.3) is 0 Å². The second-order valence-electron chi connectivity index (χ2n) is 3.95. The van der Waals surface area contributed by atoms with Gasteiger partial charge in [-0.05, 0) is 19.8 Å². The van der Waals surface area contributed by atoms with Crippen molar-refractivity contribution in [2.75, 3.05) is 13.1 Å². The van der Waals surface area contributed by atoms with Crippen LogP contribution in [0.25, 0.3) is 0 Å². The van der Waals surface area contributed by atoms with Crippen LogP contribution in [0.15, 0.2) is 0 Å². The minimum Gasteiger partial charge on any atom is -0.392 e. The molecule has 0 rings (SSSR count). The van der Waals surface area contributed by atoms with E-state index < -0.39 is 6.10 Å². The molecule has 0 spiro atoms. The summed E-state index contributed by atoms with van der Waals surface area (Å²) in [6.07, 6.45) is 2.60. The van der Waals surface area contributed by atoms with Gasteiger partial charge < -0.3 is 15.7 Å². The van der Waals surface area contributed by atoms with E-state index >= 15 is 0 Å². The summed E-state index contributed by atoms with van der Waals surface area (Å²) in [5, 5.41) is 14.3. The number of hydrogen-bond acceptors (Lipinski definition) is 3. The molecule has 0 unspecified atom stereocenters. The molecule has 94 valence electrons. The van der Waals surface area contributed by atoms with Gasteiger partial charge in [0.2, 0.25) is 11.8 Å². The molecule has 0 aliphatic rings. The van der Waals surface area contributed by atoms with Crippen LogP contribution in [0.4, 0.5) is 0 Å². The summed E-state index contributed by atoms with van der Waals surface area (Å²) in [4.78, 5) is 21.7. The maximum absolute atomic E-state index is 11.2. The average molecular weight is 230 g/mol. The molecule has 0 aromatic rings. The zero-order chi connectivity index (χ0) is 12.4. The molecule has 0 radical (unpaired) electrons. The van der Waals surface area contributed by atoms with Crippen LogP contribution in [0.2, 0.25) is 0 Å². The van der Waals surface area contributed by atoms with Crippen molar-refractivity contribution in [2.24, 2.45) is 0 Å². The van der Waals surface area contributed by atoms with Gasteiger partial charge in [0.15, 0.2) is 0 Å². The minimum atomic E-state index is -0.497. The third-order valence-electron chi connectivity index (χ3n) is 2.05. The van der Waals surface area contributed by atoms with Crippen molar-refractivity contribution in [3.63, 3.8) is 0 Å². The van der Waals surface area contributed by atoms with Gasteiger partial charge in [-0.3, -0.25) is 9.59 Å². The lowest BCUT2D eigenvalue weighted by Gasteiger charge is -2.06. The molecule has 0 fully saturated rings. The molecule has 0 aliphatic carbocycles. The molecule has 5 nitrogen and oxygen atoms in total. The van der Waals surface area contributed by atoms with Gasteiger partial charge in [0, 0.05) is 26.4 Å². The predicted octanol–water partition coefficient (Wildman–Crippen LogP) is 0.180. The third-order valence-corrected chi connectivity index (χ3v) is 2.05. The van der Waals surface area contributed by atoms with Crippen LogP contribution in [-0.4, -0.2) is 36.1 Å². The summed E-state index contributed by atoms with van der Waals surface area (Å²) in [6, 6.07) is 0. The third kappa shape index (κ3) is 11.0. The molecule has 3 N–H and O–H groups in total. The Balaban J connectivity index is 3.24. The van der Waals surface area contributed by atoms with E-state index in [1.54, 1.807) is 6.92 Å². The van der Waals surface area contributed by atoms with E-state index in [4.69, 9.17) is 5.11 Å². The molecule has 0 bridgehead atoms. The summed E-state index contributed by atoms with van der Waals surface area (Å²) in [7, 11) is 0. The van der Waals surface area contributed by atoms with Crippen molar-refractivity contribution < 1.29 is 14.7 Å². The van der Waals surface area contributed by atoms with Crippen LogP contribution in [0, 0.1) is 0 Å². The summed E-state index contributed by atoms with van der Waals surface area (Å²) in [6.45, 7) is 4.10. The first kappa shape index (κ1) is 14.9. The van der Waals surface area contributed by atoms with E-state index in [9.17, 15) is 9.59 Å². The fourth-order valence-electron chi connectivity index (χ4n) is 1.20. The van der Waals surface area contributed by atoms with E-state index in [-0.39, 0.29) is 11.8 Å². The van der Waals surface area contributed by atoms with Gasteiger partial charge in [-0.25, -0.2) is 0 Å². The van der Waals surface area contributed by atoms with Gasteiger partial charge in [-0.1, -0.05) is 6.42 Å². The van der Waals surface area contributed by atoms with Crippen LogP contribution >= 0.6 is 0 Å². The highest BCUT2D eigenvalue weighted by Crippen LogP contribution is 1.98. The molecule has 0 saturated carbocycles. The Labute approximate surface area is 96.6 Å². The molecule has 16 heavy (non-hydrogen) atoms. The number of carbonyl (C=O) groups excluding carboxylic acids is 2. The first-order chi connectivity index (χ1) is 7.52. The highest BCUT2D eigenvalue weighted by molar-refractivity contribution is 5.75. The van der Waals surface area contributed by atoms with Crippen molar-refractivity contribution >= 4 is 11.8 Å². The first-order valence-electron chi connectivity index (χ1n) is 5.71. The quantitative estimate of drug-likeness (QED) is 0.520. The van der Waals surface area contributed by atoms with Gasteiger partial charge in [0.05, 0.1) is 6.10 Å². The lowest BCUT2D eigenvalue weighted by molar-refractivity contribution is -0.122. The molecule has 5 heteroatoms. The zero-order valence-electron chi connectivity index (χ0n) is 10.1. The van der Waals surface area contributed by atoms with E-state index in [1.807, 2.05) is 0 Å². The fraction of sp³-hybridized carbons (Fsp3) is 0.818. The van der Waals surface area contributed by atoms with Crippen molar-refractivity contribution in [1.82, 2.24) is 10.6 Å². The number of amides is 2. The Bertz CT molecular complexity index is 217. The van der Waals surface area contributed by atoms with E-state index in [0.29, 0.717) is 19.5 Å². The van der Waals surface area contributed by atoms with Crippen LogP contribution in [-0.2, 0) is 9.59 Å². The Morgan fingerprint density at radius 2 is 1.88 bits per heavy atom. The molecular formula is C11H22N2O3. The van der Waals surface area contributed by atoms with E-state index in [0.717, 1.165) is 19.3 Å². The SMILES string of the molecule is CC(=O)NCCCCCC(=O)NC[C@H](C)O. The largest absolute Gasteiger partial charge is 0.392 e. The van der Waals surface area contributed by atoms with Gasteiger partial charge in [-0.15, -0.1) is 0 Å². The molecule has 0 aromatic heterocycles. The minimum absolute atomic E-state index is 0.0188. The first-order valence-corrected chi connectivity index (χ1v) is 5.71. The molecule has 1 atom stereocenters. The maximum atomic E-state index is 11.2. The Morgan fingerprint density at radius 3 is 2.44 bits per heavy atom. The summed E-state index contributed by atoms with van der Waals surface area (Å²) in [5.74, 6) is -0.0462. The van der Waals surface area contributed by atoms with Crippen LogP contribution in [0.3, 0.4) is 0 Å². The number of rotatable bonds is 8. The number of aliphatic hydroxyl groups is 1. The molecule has 0 aliphatic heterocycles. The molecule has 2 amide bonds. The number of carbonyl (C=O) groups is 2. The van der Waals surface area contributed by atoms with E-state index in [2.05, 4.69) is 10.6 Å². The molecule has 0 aromatic carbocycles. The van der Waals surface area contributed by atoms with Gasteiger partial charge >= 0.3 is 0 Å². The van der Waals surface area contributed by atoms with Crippen molar-refractivity contribution in [1.29, 1.82) is 0 Å². The summed E-state index contributed by atoms with van der Waals surface area (Å²) >= 11 is 0. The zero-order valence-corrected chi connectivity index (χ0v) is 10.1. The topological polar surface area (TPSA) is 78.4 Å². The van der Waals surface area contributed by atoms with Gasteiger partial charge in [0.1, 0.15) is 0 Å².